The molecule has 0 bridgehead atoms. The standard InChI is InChI=1S/C18H23NO2/c1-14-10-11-15(7-5-6-12-20)17(13-14)19-18(21)16-8-3-2-4-9-16/h10-11,13,16,20H,2-4,6,8-9,12H2,1H3,(H,19,21). The third kappa shape index (κ3) is 4.61. The first-order valence-electron chi connectivity index (χ1n) is 7.72. The molecule has 1 aromatic carbocycles. The summed E-state index contributed by atoms with van der Waals surface area (Å²) >= 11 is 0. The largest absolute Gasteiger partial charge is 0.395 e. The minimum Gasteiger partial charge on any atom is -0.395 e. The molecule has 1 aromatic rings. The van der Waals surface area contributed by atoms with Crippen molar-refractivity contribution in [3.05, 3.63) is 29.3 Å². The molecule has 0 heterocycles. The first kappa shape index (κ1) is 15.6. The van der Waals surface area contributed by atoms with Gasteiger partial charge in [-0.25, -0.2) is 0 Å². The number of aliphatic hydroxyl groups is 1. The number of aryl methyl sites for hydroxylation is 1. The Morgan fingerprint density at radius 2 is 2.10 bits per heavy atom. The molecule has 1 fully saturated rings. The predicted octanol–water partition coefficient (Wildman–Crippen LogP) is 3.25. The lowest BCUT2D eigenvalue weighted by Gasteiger charge is -2.21. The van der Waals surface area contributed by atoms with Crippen LogP contribution in [0.4, 0.5) is 5.69 Å². The SMILES string of the molecule is Cc1ccc(C#CCCO)c(NC(=O)C2CCCCC2)c1. The molecule has 112 valence electrons. The van der Waals surface area contributed by atoms with Gasteiger partial charge in [-0.2, -0.15) is 0 Å². The Kier molecular flexibility index (Phi) is 5.83. The maximum absolute atomic E-state index is 12.4. The van der Waals surface area contributed by atoms with Gasteiger partial charge >= 0.3 is 0 Å². The molecule has 1 amide bonds. The van der Waals surface area contributed by atoms with Gasteiger partial charge in [0, 0.05) is 17.9 Å². The van der Waals surface area contributed by atoms with Gasteiger partial charge in [-0.1, -0.05) is 37.2 Å². The third-order valence-corrected chi connectivity index (χ3v) is 3.87. The highest BCUT2D eigenvalue weighted by molar-refractivity contribution is 5.94. The van der Waals surface area contributed by atoms with Crippen molar-refractivity contribution in [2.24, 2.45) is 5.92 Å². The van der Waals surface area contributed by atoms with Crippen LogP contribution in [0.2, 0.25) is 0 Å². The number of anilines is 1. The zero-order chi connectivity index (χ0) is 15.1. The van der Waals surface area contributed by atoms with Gasteiger partial charge in [-0.05, 0) is 37.5 Å². The van der Waals surface area contributed by atoms with E-state index in [1.54, 1.807) is 0 Å². The van der Waals surface area contributed by atoms with Crippen LogP contribution in [-0.2, 0) is 4.79 Å². The Balaban J connectivity index is 2.12. The fourth-order valence-electron chi connectivity index (χ4n) is 2.68. The molecule has 21 heavy (non-hydrogen) atoms. The van der Waals surface area contributed by atoms with Crippen molar-refractivity contribution in [2.45, 2.75) is 45.4 Å². The zero-order valence-corrected chi connectivity index (χ0v) is 12.6. The minimum absolute atomic E-state index is 0.0582. The van der Waals surface area contributed by atoms with Gasteiger partial charge < -0.3 is 10.4 Å². The van der Waals surface area contributed by atoms with Crippen molar-refractivity contribution in [3.63, 3.8) is 0 Å². The van der Waals surface area contributed by atoms with Crippen molar-refractivity contribution in [2.75, 3.05) is 11.9 Å². The van der Waals surface area contributed by atoms with Crippen LogP contribution >= 0.6 is 0 Å². The predicted molar refractivity (Wildman–Crippen MR) is 85.0 cm³/mol. The van der Waals surface area contributed by atoms with E-state index in [9.17, 15) is 4.79 Å². The molecule has 0 radical (unpaired) electrons. The summed E-state index contributed by atoms with van der Waals surface area (Å²) in [5.41, 5.74) is 2.70. The molecule has 0 unspecified atom stereocenters. The lowest BCUT2D eigenvalue weighted by atomic mass is 9.88. The smallest absolute Gasteiger partial charge is 0.227 e. The number of benzene rings is 1. The summed E-state index contributed by atoms with van der Waals surface area (Å²) in [5, 5.41) is 11.8. The number of carbonyl (C=O) groups is 1. The molecule has 1 saturated carbocycles. The quantitative estimate of drug-likeness (QED) is 0.838. The monoisotopic (exact) mass is 285 g/mol. The molecule has 2 N–H and O–H groups in total. The molecule has 3 heteroatoms. The molecule has 0 aromatic heterocycles. The van der Waals surface area contributed by atoms with Gasteiger partial charge in [0.25, 0.3) is 0 Å². The van der Waals surface area contributed by atoms with E-state index < -0.39 is 0 Å². The van der Waals surface area contributed by atoms with E-state index in [1.807, 2.05) is 25.1 Å². The molecular weight excluding hydrogens is 262 g/mol. The van der Waals surface area contributed by atoms with E-state index in [1.165, 1.54) is 6.42 Å². The number of carbonyl (C=O) groups excluding carboxylic acids is 1. The van der Waals surface area contributed by atoms with Crippen LogP contribution in [-0.4, -0.2) is 17.6 Å². The van der Waals surface area contributed by atoms with Gasteiger partial charge in [0.1, 0.15) is 0 Å². The van der Waals surface area contributed by atoms with Gasteiger partial charge in [0.2, 0.25) is 5.91 Å². The molecule has 2 rings (SSSR count). The number of hydrogen-bond donors (Lipinski definition) is 2. The Morgan fingerprint density at radius 3 is 2.81 bits per heavy atom. The second-order valence-corrected chi connectivity index (χ2v) is 5.65. The molecule has 1 aliphatic rings. The van der Waals surface area contributed by atoms with E-state index in [-0.39, 0.29) is 18.4 Å². The first-order valence-corrected chi connectivity index (χ1v) is 7.72. The van der Waals surface area contributed by atoms with E-state index in [0.29, 0.717) is 6.42 Å². The maximum Gasteiger partial charge on any atom is 0.227 e. The van der Waals surface area contributed by atoms with Crippen LogP contribution in [0.1, 0.15) is 49.7 Å². The number of aliphatic hydroxyl groups excluding tert-OH is 1. The summed E-state index contributed by atoms with van der Waals surface area (Å²) in [6, 6.07) is 5.87. The summed E-state index contributed by atoms with van der Waals surface area (Å²) in [7, 11) is 0. The topological polar surface area (TPSA) is 49.3 Å². The van der Waals surface area contributed by atoms with Crippen LogP contribution in [0, 0.1) is 24.7 Å². The van der Waals surface area contributed by atoms with Gasteiger partial charge in [-0.15, -0.1) is 0 Å². The molecular formula is C18H23NO2. The Labute approximate surface area is 126 Å². The van der Waals surface area contributed by atoms with Gasteiger partial charge in [0.05, 0.1) is 12.3 Å². The molecule has 0 spiro atoms. The van der Waals surface area contributed by atoms with Crippen molar-refractivity contribution >= 4 is 11.6 Å². The van der Waals surface area contributed by atoms with E-state index >= 15 is 0 Å². The fraction of sp³-hybridized carbons (Fsp3) is 0.500. The molecule has 1 aliphatic carbocycles. The van der Waals surface area contributed by atoms with Gasteiger partial charge in [0.15, 0.2) is 0 Å². The number of nitrogens with one attached hydrogen (secondary N) is 1. The Hall–Kier alpha value is -1.79. The minimum atomic E-state index is 0.0582. The highest BCUT2D eigenvalue weighted by Gasteiger charge is 2.21. The summed E-state index contributed by atoms with van der Waals surface area (Å²) in [5.74, 6) is 6.19. The summed E-state index contributed by atoms with van der Waals surface area (Å²) in [6.45, 7) is 2.06. The second-order valence-electron chi connectivity index (χ2n) is 5.65. The average molecular weight is 285 g/mol. The maximum atomic E-state index is 12.4. The molecule has 0 aliphatic heterocycles. The molecule has 3 nitrogen and oxygen atoms in total. The molecule has 0 saturated heterocycles. The van der Waals surface area contributed by atoms with Crippen LogP contribution < -0.4 is 5.32 Å². The fourth-order valence-corrected chi connectivity index (χ4v) is 2.68. The summed E-state index contributed by atoms with van der Waals surface area (Å²) < 4.78 is 0. The van der Waals surface area contributed by atoms with Crippen LogP contribution in [0.15, 0.2) is 18.2 Å². The molecule has 0 atom stereocenters. The van der Waals surface area contributed by atoms with E-state index in [4.69, 9.17) is 5.11 Å². The van der Waals surface area contributed by atoms with Crippen molar-refractivity contribution in [1.29, 1.82) is 0 Å². The second kappa shape index (κ2) is 7.85. The van der Waals surface area contributed by atoms with Crippen molar-refractivity contribution in [1.82, 2.24) is 0 Å². The highest BCUT2D eigenvalue weighted by Crippen LogP contribution is 2.26. The number of rotatable bonds is 3. The number of hydrogen-bond acceptors (Lipinski definition) is 2. The Morgan fingerprint density at radius 1 is 1.33 bits per heavy atom. The lowest BCUT2D eigenvalue weighted by Crippen LogP contribution is -2.25. The van der Waals surface area contributed by atoms with E-state index in [2.05, 4.69) is 17.2 Å². The third-order valence-electron chi connectivity index (χ3n) is 3.87. The van der Waals surface area contributed by atoms with Crippen LogP contribution in [0.3, 0.4) is 0 Å². The number of amides is 1. The van der Waals surface area contributed by atoms with Crippen molar-refractivity contribution < 1.29 is 9.90 Å². The van der Waals surface area contributed by atoms with Crippen LogP contribution in [0.25, 0.3) is 0 Å². The lowest BCUT2D eigenvalue weighted by molar-refractivity contribution is -0.120. The normalized spacial score (nSPS) is 15.1. The van der Waals surface area contributed by atoms with Crippen LogP contribution in [0.5, 0.6) is 0 Å². The first-order chi connectivity index (χ1) is 10.2. The zero-order valence-electron chi connectivity index (χ0n) is 12.6. The summed E-state index contributed by atoms with van der Waals surface area (Å²) in [4.78, 5) is 12.4. The summed E-state index contributed by atoms with van der Waals surface area (Å²) in [6.07, 6.45) is 5.96. The highest BCUT2D eigenvalue weighted by atomic mass is 16.2. The van der Waals surface area contributed by atoms with E-state index in [0.717, 1.165) is 42.5 Å². The Bertz CT molecular complexity index is 548. The average Bonchev–Trinajstić information content (AvgIpc) is 2.50. The van der Waals surface area contributed by atoms with Gasteiger partial charge in [-0.3, -0.25) is 4.79 Å². The van der Waals surface area contributed by atoms with Crippen molar-refractivity contribution in [3.8, 4) is 11.8 Å².